The van der Waals surface area contributed by atoms with Crippen LogP contribution in [0.5, 0.6) is 0 Å². The number of piperazine rings is 1. The van der Waals surface area contributed by atoms with Gasteiger partial charge in [-0.2, -0.15) is 4.31 Å². The van der Waals surface area contributed by atoms with E-state index in [0.717, 1.165) is 11.3 Å². The second-order valence-corrected chi connectivity index (χ2v) is 10.8. The Morgan fingerprint density at radius 1 is 1.03 bits per heavy atom. The fourth-order valence-electron chi connectivity index (χ4n) is 4.04. The van der Waals surface area contributed by atoms with Gasteiger partial charge in [0.15, 0.2) is 0 Å². The first-order chi connectivity index (χ1) is 15.7. The molecule has 2 aliphatic rings. The molecule has 1 unspecified atom stereocenters. The molecule has 4 rings (SSSR count). The van der Waals surface area contributed by atoms with Crippen LogP contribution in [-0.2, 0) is 26.2 Å². The number of sulfonamides is 1. The highest BCUT2D eigenvalue weighted by molar-refractivity contribution is 7.89. The average molecular weight is 491 g/mol. The lowest BCUT2D eigenvalue weighted by atomic mass is 10.1. The first-order valence-electron chi connectivity index (χ1n) is 10.9. The Labute approximate surface area is 199 Å². The zero-order valence-electron chi connectivity index (χ0n) is 18.4. The third kappa shape index (κ3) is 5.38. The fourth-order valence-corrected chi connectivity index (χ4v) is 5.59. The Morgan fingerprint density at radius 2 is 1.67 bits per heavy atom. The Kier molecular flexibility index (Phi) is 7.04. The summed E-state index contributed by atoms with van der Waals surface area (Å²) in [6.45, 7) is 2.95. The molecule has 0 spiro atoms. The van der Waals surface area contributed by atoms with E-state index in [2.05, 4.69) is 10.2 Å². The van der Waals surface area contributed by atoms with E-state index in [1.54, 1.807) is 53.4 Å². The van der Waals surface area contributed by atoms with E-state index >= 15 is 0 Å². The van der Waals surface area contributed by atoms with Crippen molar-refractivity contribution in [3.63, 3.8) is 0 Å². The molecular formula is C23H27ClN4O4S. The number of halogens is 1. The van der Waals surface area contributed by atoms with Crippen LogP contribution in [0.25, 0.3) is 0 Å². The highest BCUT2D eigenvalue weighted by Crippen LogP contribution is 2.26. The molecule has 0 aliphatic carbocycles. The van der Waals surface area contributed by atoms with Crippen LogP contribution >= 0.6 is 11.6 Å². The molecule has 0 bridgehead atoms. The zero-order chi connectivity index (χ0) is 23.6. The lowest BCUT2D eigenvalue weighted by Crippen LogP contribution is -2.47. The Balaban J connectivity index is 1.32. The molecular weight excluding hydrogens is 464 g/mol. The summed E-state index contributed by atoms with van der Waals surface area (Å²) >= 11 is 5.91. The van der Waals surface area contributed by atoms with E-state index in [9.17, 15) is 18.0 Å². The molecule has 0 radical (unpaired) electrons. The predicted molar refractivity (Wildman–Crippen MR) is 126 cm³/mol. The maximum absolute atomic E-state index is 12.8. The molecule has 2 aliphatic heterocycles. The minimum Gasteiger partial charge on any atom is -0.352 e. The van der Waals surface area contributed by atoms with Gasteiger partial charge in [-0.15, -0.1) is 0 Å². The topological polar surface area (TPSA) is 90.0 Å². The van der Waals surface area contributed by atoms with Gasteiger partial charge in [-0.1, -0.05) is 23.7 Å². The van der Waals surface area contributed by atoms with E-state index < -0.39 is 15.9 Å². The van der Waals surface area contributed by atoms with Crippen molar-refractivity contribution in [1.82, 2.24) is 14.5 Å². The molecule has 2 saturated heterocycles. The molecule has 0 saturated carbocycles. The molecule has 2 amide bonds. The third-order valence-corrected chi connectivity index (χ3v) is 8.29. The lowest BCUT2D eigenvalue weighted by Gasteiger charge is -2.31. The van der Waals surface area contributed by atoms with Crippen molar-refractivity contribution in [2.24, 2.45) is 5.92 Å². The summed E-state index contributed by atoms with van der Waals surface area (Å²) in [6.07, 6.45) is 0.149. The van der Waals surface area contributed by atoms with Crippen molar-refractivity contribution < 1.29 is 18.0 Å². The van der Waals surface area contributed by atoms with Crippen LogP contribution in [0.1, 0.15) is 12.0 Å². The molecule has 2 heterocycles. The van der Waals surface area contributed by atoms with E-state index in [1.165, 1.54) is 4.31 Å². The molecule has 1 atom stereocenters. The van der Waals surface area contributed by atoms with E-state index in [4.69, 9.17) is 11.6 Å². The maximum atomic E-state index is 12.8. The van der Waals surface area contributed by atoms with E-state index in [-0.39, 0.29) is 29.7 Å². The number of hydrogen-bond donors (Lipinski definition) is 1. The molecule has 2 aromatic carbocycles. The van der Waals surface area contributed by atoms with Gasteiger partial charge in [0, 0.05) is 56.4 Å². The van der Waals surface area contributed by atoms with Gasteiger partial charge < -0.3 is 15.1 Å². The SMILES string of the molecule is CN1CCN(S(=O)(=O)c2ccc(CNC(=O)C3CC(=O)N(c4ccc(Cl)cc4)C3)cc2)CC1. The standard InChI is InChI=1S/C23H27ClN4O4S/c1-26-10-12-27(13-11-26)33(31,32)21-8-2-17(3-9-21)15-25-23(30)18-14-22(29)28(16-18)20-6-4-19(24)5-7-20/h2-9,18H,10-16H2,1H3,(H,25,30). The van der Waals surface area contributed by atoms with Gasteiger partial charge in [-0.25, -0.2) is 8.42 Å². The van der Waals surface area contributed by atoms with Gasteiger partial charge in [0.1, 0.15) is 0 Å². The second-order valence-electron chi connectivity index (χ2n) is 8.45. The minimum absolute atomic E-state index is 0.101. The van der Waals surface area contributed by atoms with Gasteiger partial charge in [0.05, 0.1) is 10.8 Å². The van der Waals surface area contributed by atoms with Gasteiger partial charge in [-0.3, -0.25) is 9.59 Å². The number of likely N-dealkylation sites (N-methyl/N-ethyl adjacent to an activating group) is 1. The molecule has 1 N–H and O–H groups in total. The van der Waals surface area contributed by atoms with Gasteiger partial charge in [0.25, 0.3) is 0 Å². The number of nitrogens with zero attached hydrogens (tertiary/aromatic N) is 3. The number of rotatable bonds is 6. The Hall–Kier alpha value is -2.46. The van der Waals surface area contributed by atoms with E-state index in [1.807, 2.05) is 7.05 Å². The molecule has 176 valence electrons. The number of carbonyl (C=O) groups is 2. The molecule has 8 nitrogen and oxygen atoms in total. The number of amides is 2. The summed E-state index contributed by atoms with van der Waals surface area (Å²) in [7, 11) is -1.54. The summed E-state index contributed by atoms with van der Waals surface area (Å²) in [6, 6.07) is 13.5. The smallest absolute Gasteiger partial charge is 0.243 e. The highest BCUT2D eigenvalue weighted by atomic mass is 35.5. The summed E-state index contributed by atoms with van der Waals surface area (Å²) in [4.78, 5) is 29.0. The van der Waals surface area contributed by atoms with Crippen LogP contribution in [0, 0.1) is 5.92 Å². The van der Waals surface area contributed by atoms with Crippen molar-refractivity contribution in [3.05, 3.63) is 59.1 Å². The molecule has 2 aromatic rings. The number of nitrogens with one attached hydrogen (secondary N) is 1. The molecule has 0 aromatic heterocycles. The molecule has 2 fully saturated rings. The molecule has 10 heteroatoms. The van der Waals surface area contributed by atoms with Crippen LogP contribution in [0.4, 0.5) is 5.69 Å². The maximum Gasteiger partial charge on any atom is 0.243 e. The predicted octanol–water partition coefficient (Wildman–Crippen LogP) is 1.95. The number of carbonyl (C=O) groups excluding carboxylic acids is 2. The van der Waals surface area contributed by atoms with Gasteiger partial charge in [-0.05, 0) is 49.0 Å². The van der Waals surface area contributed by atoms with Crippen molar-refractivity contribution >= 4 is 39.1 Å². The zero-order valence-corrected chi connectivity index (χ0v) is 20.0. The monoisotopic (exact) mass is 490 g/mol. The quantitative estimate of drug-likeness (QED) is 0.668. The van der Waals surface area contributed by atoms with Crippen molar-refractivity contribution in [1.29, 1.82) is 0 Å². The highest BCUT2D eigenvalue weighted by Gasteiger charge is 2.35. The van der Waals surface area contributed by atoms with Crippen LogP contribution in [-0.4, -0.2) is 69.2 Å². The average Bonchev–Trinajstić information content (AvgIpc) is 3.20. The van der Waals surface area contributed by atoms with Gasteiger partial charge in [0.2, 0.25) is 21.8 Å². The van der Waals surface area contributed by atoms with Crippen LogP contribution in [0.2, 0.25) is 5.02 Å². The van der Waals surface area contributed by atoms with Crippen LogP contribution in [0.3, 0.4) is 0 Å². The third-order valence-electron chi connectivity index (χ3n) is 6.12. The van der Waals surface area contributed by atoms with Crippen LogP contribution < -0.4 is 10.2 Å². The number of hydrogen-bond acceptors (Lipinski definition) is 5. The Bertz CT molecular complexity index is 1110. The first kappa shape index (κ1) is 23.7. The minimum atomic E-state index is -3.52. The number of anilines is 1. The van der Waals surface area contributed by atoms with Crippen LogP contribution in [0.15, 0.2) is 53.4 Å². The summed E-state index contributed by atoms with van der Waals surface area (Å²) < 4.78 is 27.2. The molecule has 33 heavy (non-hydrogen) atoms. The first-order valence-corrected chi connectivity index (χ1v) is 12.7. The van der Waals surface area contributed by atoms with Gasteiger partial charge >= 0.3 is 0 Å². The van der Waals surface area contributed by atoms with Crippen molar-refractivity contribution in [3.8, 4) is 0 Å². The second kappa shape index (κ2) is 9.80. The van der Waals surface area contributed by atoms with Crippen molar-refractivity contribution in [2.45, 2.75) is 17.9 Å². The fraction of sp³-hybridized carbons (Fsp3) is 0.391. The number of benzene rings is 2. The van der Waals surface area contributed by atoms with E-state index in [0.29, 0.717) is 37.7 Å². The lowest BCUT2D eigenvalue weighted by molar-refractivity contribution is -0.126. The Morgan fingerprint density at radius 3 is 2.30 bits per heavy atom. The normalized spacial score (nSPS) is 20.2. The summed E-state index contributed by atoms with van der Waals surface area (Å²) in [5.74, 6) is -0.741. The van der Waals surface area contributed by atoms with Crippen molar-refractivity contribution in [2.75, 3.05) is 44.7 Å². The largest absolute Gasteiger partial charge is 0.352 e. The summed E-state index contributed by atoms with van der Waals surface area (Å²) in [5, 5.41) is 3.45. The summed E-state index contributed by atoms with van der Waals surface area (Å²) in [5.41, 5.74) is 1.51.